The molecule has 132 valence electrons. The molecule has 1 N–H and O–H groups in total. The van der Waals surface area contributed by atoms with Crippen LogP contribution in [0.1, 0.15) is 35.6 Å². The van der Waals surface area contributed by atoms with Gasteiger partial charge >= 0.3 is 11.9 Å². The van der Waals surface area contributed by atoms with Crippen molar-refractivity contribution in [3.8, 4) is 12.1 Å². The normalized spacial score (nSPS) is 9.04. The minimum Gasteiger partial charge on any atom is -0.481 e. The first-order chi connectivity index (χ1) is 12.4. The van der Waals surface area contributed by atoms with Gasteiger partial charge in [0.05, 0.1) is 23.3 Å². The van der Waals surface area contributed by atoms with Gasteiger partial charge in [-0.25, -0.2) is 0 Å². The van der Waals surface area contributed by atoms with Gasteiger partial charge in [0.2, 0.25) is 0 Å². The summed E-state index contributed by atoms with van der Waals surface area (Å²) in [6.45, 7) is 1.63. The van der Waals surface area contributed by atoms with Crippen molar-refractivity contribution in [1.82, 2.24) is 0 Å². The molecule has 2 aromatic carbocycles. The Labute approximate surface area is 151 Å². The molecule has 6 nitrogen and oxygen atoms in total. The van der Waals surface area contributed by atoms with Gasteiger partial charge in [0, 0.05) is 13.3 Å². The predicted octanol–water partition coefficient (Wildman–Crippen LogP) is 3.20. The van der Waals surface area contributed by atoms with E-state index in [1.54, 1.807) is 48.5 Å². The zero-order valence-electron chi connectivity index (χ0n) is 14.3. The van der Waals surface area contributed by atoms with Gasteiger partial charge in [-0.2, -0.15) is 10.5 Å². The van der Waals surface area contributed by atoms with Crippen molar-refractivity contribution >= 4 is 11.9 Å². The molecule has 0 atom stereocenters. The second-order valence-electron chi connectivity index (χ2n) is 5.29. The Kier molecular flexibility index (Phi) is 8.64. The van der Waals surface area contributed by atoms with Crippen LogP contribution in [-0.2, 0) is 27.4 Å². The number of nitriles is 2. The number of aliphatic carboxylic acids is 1. The quantitative estimate of drug-likeness (QED) is 0.829. The molecule has 0 aliphatic carbocycles. The molecule has 0 saturated heterocycles. The number of ether oxygens (including phenoxy) is 1. The topological polar surface area (TPSA) is 111 Å². The number of rotatable bonds is 5. The second-order valence-corrected chi connectivity index (χ2v) is 5.29. The average Bonchev–Trinajstić information content (AvgIpc) is 2.66. The highest BCUT2D eigenvalue weighted by molar-refractivity contribution is 5.67. The highest BCUT2D eigenvalue weighted by Crippen LogP contribution is 2.06. The molecule has 0 fully saturated rings. The van der Waals surface area contributed by atoms with Crippen LogP contribution >= 0.6 is 0 Å². The molecule has 0 aromatic heterocycles. The number of carboxylic acid groups (broad SMARTS) is 1. The van der Waals surface area contributed by atoms with E-state index < -0.39 is 5.97 Å². The maximum atomic E-state index is 10.5. The van der Waals surface area contributed by atoms with E-state index in [0.717, 1.165) is 11.1 Å². The molecule has 6 heteroatoms. The van der Waals surface area contributed by atoms with E-state index in [1.807, 2.05) is 12.1 Å². The van der Waals surface area contributed by atoms with Crippen molar-refractivity contribution in [2.45, 2.75) is 26.4 Å². The lowest BCUT2D eigenvalue weighted by Gasteiger charge is -2.00. The standard InChI is InChI=1S/2C10H9NO2/c1-8(12)13-7-10-4-2-9(6-11)3-5-10;11-7-9-3-1-8(2-4-9)5-6-10(12)13/h2-5H,7H2,1H3;1-4H,5-6H2,(H,12,13). The smallest absolute Gasteiger partial charge is 0.303 e. The molecule has 0 unspecified atom stereocenters. The lowest BCUT2D eigenvalue weighted by atomic mass is 10.1. The van der Waals surface area contributed by atoms with Crippen LogP contribution in [0.25, 0.3) is 0 Å². The summed E-state index contributed by atoms with van der Waals surface area (Å²) in [4.78, 5) is 20.7. The van der Waals surface area contributed by atoms with E-state index >= 15 is 0 Å². The first kappa shape index (κ1) is 20.4. The van der Waals surface area contributed by atoms with Gasteiger partial charge in [-0.1, -0.05) is 24.3 Å². The van der Waals surface area contributed by atoms with Crippen LogP contribution in [0, 0.1) is 22.7 Å². The van der Waals surface area contributed by atoms with Crippen LogP contribution in [0.15, 0.2) is 48.5 Å². The summed E-state index contributed by atoms with van der Waals surface area (Å²) in [7, 11) is 0. The molecule has 0 amide bonds. The number of nitrogens with zero attached hydrogens (tertiary/aromatic N) is 2. The van der Waals surface area contributed by atoms with Crippen molar-refractivity contribution in [3.05, 3.63) is 70.8 Å². The number of carboxylic acids is 1. The van der Waals surface area contributed by atoms with Crippen LogP contribution in [-0.4, -0.2) is 17.0 Å². The molecule has 2 rings (SSSR count). The summed E-state index contributed by atoms with van der Waals surface area (Å²) >= 11 is 0. The van der Waals surface area contributed by atoms with E-state index in [1.165, 1.54) is 6.92 Å². The highest BCUT2D eigenvalue weighted by atomic mass is 16.5. The number of carbonyl (C=O) groups excluding carboxylic acids is 1. The molecule has 0 spiro atoms. The molecule has 0 bridgehead atoms. The SMILES string of the molecule is CC(=O)OCc1ccc(C#N)cc1.N#Cc1ccc(CCC(=O)O)cc1. The number of hydrogen-bond acceptors (Lipinski definition) is 5. The van der Waals surface area contributed by atoms with Crippen molar-refractivity contribution in [2.75, 3.05) is 0 Å². The molecule has 0 aliphatic heterocycles. The maximum Gasteiger partial charge on any atom is 0.303 e. The summed E-state index contributed by atoms with van der Waals surface area (Å²) in [5.41, 5.74) is 3.03. The Hall–Kier alpha value is -3.64. The van der Waals surface area contributed by atoms with Gasteiger partial charge in [0.1, 0.15) is 6.61 Å². The molecule has 0 heterocycles. The molecule has 2 aromatic rings. The third kappa shape index (κ3) is 8.28. The van der Waals surface area contributed by atoms with Gasteiger partial charge in [-0.15, -0.1) is 0 Å². The van der Waals surface area contributed by atoms with E-state index in [-0.39, 0.29) is 19.0 Å². The fourth-order valence-electron chi connectivity index (χ4n) is 1.86. The number of hydrogen-bond donors (Lipinski definition) is 1. The Morgan fingerprint density at radius 3 is 1.77 bits per heavy atom. The van der Waals surface area contributed by atoms with Gasteiger partial charge in [0.15, 0.2) is 0 Å². The zero-order valence-corrected chi connectivity index (χ0v) is 14.3. The van der Waals surface area contributed by atoms with Crippen molar-refractivity contribution in [2.24, 2.45) is 0 Å². The van der Waals surface area contributed by atoms with Gasteiger partial charge in [-0.05, 0) is 41.8 Å². The lowest BCUT2D eigenvalue weighted by molar-refractivity contribution is -0.142. The van der Waals surface area contributed by atoms with Crippen molar-refractivity contribution in [3.63, 3.8) is 0 Å². The van der Waals surface area contributed by atoms with Gasteiger partial charge in [0.25, 0.3) is 0 Å². The Morgan fingerprint density at radius 1 is 0.923 bits per heavy atom. The number of carbonyl (C=O) groups is 2. The fraction of sp³-hybridized carbons (Fsp3) is 0.200. The zero-order chi connectivity index (χ0) is 19.4. The van der Waals surface area contributed by atoms with Crippen LogP contribution in [0.5, 0.6) is 0 Å². The lowest BCUT2D eigenvalue weighted by Crippen LogP contribution is -1.98. The van der Waals surface area contributed by atoms with Crippen LogP contribution < -0.4 is 0 Å². The van der Waals surface area contributed by atoms with E-state index in [0.29, 0.717) is 17.5 Å². The van der Waals surface area contributed by atoms with Crippen LogP contribution in [0.4, 0.5) is 0 Å². The monoisotopic (exact) mass is 350 g/mol. The second kappa shape index (κ2) is 11.0. The van der Waals surface area contributed by atoms with Crippen molar-refractivity contribution < 1.29 is 19.4 Å². The largest absolute Gasteiger partial charge is 0.481 e. The summed E-state index contributed by atoms with van der Waals surface area (Å²) in [6.07, 6.45) is 0.646. The molecular weight excluding hydrogens is 332 g/mol. The minimum absolute atomic E-state index is 0.131. The third-order valence-electron chi connectivity index (χ3n) is 3.24. The number of benzene rings is 2. The minimum atomic E-state index is -0.802. The summed E-state index contributed by atoms with van der Waals surface area (Å²) < 4.78 is 4.78. The molecule has 26 heavy (non-hydrogen) atoms. The first-order valence-corrected chi connectivity index (χ1v) is 7.78. The van der Waals surface area contributed by atoms with Gasteiger partial charge in [-0.3, -0.25) is 9.59 Å². The number of esters is 1. The number of aryl methyl sites for hydroxylation is 1. The molecule has 0 saturated carbocycles. The average molecular weight is 350 g/mol. The van der Waals surface area contributed by atoms with E-state index in [2.05, 4.69) is 0 Å². The summed E-state index contributed by atoms with van der Waals surface area (Å²) in [5, 5.41) is 25.4. The van der Waals surface area contributed by atoms with E-state index in [9.17, 15) is 9.59 Å². The maximum absolute atomic E-state index is 10.5. The summed E-state index contributed by atoms with van der Waals surface area (Å²) in [5.74, 6) is -1.10. The molecule has 0 radical (unpaired) electrons. The molecular formula is C20H18N2O4. The summed E-state index contributed by atoms with van der Waals surface area (Å²) in [6, 6.07) is 17.9. The van der Waals surface area contributed by atoms with Crippen LogP contribution in [0.2, 0.25) is 0 Å². The first-order valence-electron chi connectivity index (χ1n) is 7.78. The van der Waals surface area contributed by atoms with Crippen LogP contribution in [0.3, 0.4) is 0 Å². The Balaban J connectivity index is 0.000000260. The fourth-order valence-corrected chi connectivity index (χ4v) is 1.86. The Morgan fingerprint density at radius 2 is 1.38 bits per heavy atom. The third-order valence-corrected chi connectivity index (χ3v) is 3.24. The Bertz CT molecular complexity index is 741. The van der Waals surface area contributed by atoms with E-state index in [4.69, 9.17) is 20.4 Å². The highest BCUT2D eigenvalue weighted by Gasteiger charge is 1.98. The van der Waals surface area contributed by atoms with Gasteiger partial charge < -0.3 is 9.84 Å². The van der Waals surface area contributed by atoms with Crippen molar-refractivity contribution in [1.29, 1.82) is 10.5 Å². The predicted molar refractivity (Wildman–Crippen MR) is 93.7 cm³/mol. The molecule has 0 aliphatic rings.